The number of hydrogen-bond donors (Lipinski definition) is 1. The number of aldehydes is 1. The first kappa shape index (κ1) is 18.2. The fourth-order valence-electron chi connectivity index (χ4n) is 3.33. The number of nitrogens with zero attached hydrogens (tertiary/aromatic N) is 3. The van der Waals surface area contributed by atoms with Crippen molar-refractivity contribution in [2.75, 3.05) is 26.3 Å². The minimum absolute atomic E-state index is 0.0387. The third-order valence-corrected chi connectivity index (χ3v) is 4.82. The van der Waals surface area contributed by atoms with Crippen molar-refractivity contribution in [3.05, 3.63) is 65.5 Å². The van der Waals surface area contributed by atoms with Crippen molar-refractivity contribution in [2.45, 2.75) is 13.1 Å². The van der Waals surface area contributed by atoms with Crippen molar-refractivity contribution in [3.8, 4) is 0 Å². The Kier molecular flexibility index (Phi) is 5.34. The van der Waals surface area contributed by atoms with Crippen molar-refractivity contribution in [1.82, 2.24) is 19.8 Å². The number of morpholine rings is 1. The molecule has 4 rings (SSSR count). The van der Waals surface area contributed by atoms with E-state index in [-0.39, 0.29) is 6.03 Å². The molecule has 1 aromatic heterocycles. The Labute approximate surface area is 162 Å². The number of aromatic amines is 1. The van der Waals surface area contributed by atoms with Crippen LogP contribution in [0.15, 0.2) is 48.5 Å². The number of imidazole rings is 1. The smallest absolute Gasteiger partial charge is 0.320 e. The van der Waals surface area contributed by atoms with Crippen molar-refractivity contribution < 1.29 is 14.3 Å². The molecule has 0 radical (unpaired) electrons. The number of carbonyl (C=O) groups is 2. The second-order valence-corrected chi connectivity index (χ2v) is 6.80. The van der Waals surface area contributed by atoms with E-state index in [0.717, 1.165) is 28.7 Å². The lowest BCUT2D eigenvalue weighted by Gasteiger charge is -2.32. The number of ether oxygens (including phenoxy) is 1. The molecule has 28 heavy (non-hydrogen) atoms. The first-order valence-corrected chi connectivity index (χ1v) is 9.32. The summed E-state index contributed by atoms with van der Waals surface area (Å²) in [5.41, 5.74) is 3.41. The first-order valence-electron chi connectivity index (χ1n) is 9.32. The summed E-state index contributed by atoms with van der Waals surface area (Å²) >= 11 is 0. The van der Waals surface area contributed by atoms with Gasteiger partial charge in [-0.25, -0.2) is 9.78 Å². The Balaban J connectivity index is 1.57. The Morgan fingerprint density at radius 1 is 1.11 bits per heavy atom. The minimum Gasteiger partial charge on any atom is -0.378 e. The van der Waals surface area contributed by atoms with E-state index in [1.165, 1.54) is 0 Å². The van der Waals surface area contributed by atoms with Crippen LogP contribution in [0.25, 0.3) is 11.0 Å². The Bertz CT molecular complexity index is 928. The van der Waals surface area contributed by atoms with Gasteiger partial charge in [-0.05, 0) is 17.7 Å². The summed E-state index contributed by atoms with van der Waals surface area (Å²) in [4.78, 5) is 35.5. The van der Waals surface area contributed by atoms with Gasteiger partial charge in [0.15, 0.2) is 0 Å². The standard InChI is InChI=1S/C21H22N4O3/c26-15-17-7-5-16(6-8-17)13-25(21(27)24-9-11-28-12-10-24)14-20-22-18-3-1-2-4-19(18)23-20/h1-8,15H,9-14H2,(H,22,23). The van der Waals surface area contributed by atoms with E-state index in [2.05, 4.69) is 9.97 Å². The molecule has 0 aliphatic carbocycles. The first-order chi connectivity index (χ1) is 13.7. The molecule has 1 saturated heterocycles. The SMILES string of the molecule is O=Cc1ccc(CN(Cc2nc3ccccc3[nH]2)C(=O)N2CCOCC2)cc1. The van der Waals surface area contributed by atoms with Gasteiger partial charge < -0.3 is 19.5 Å². The van der Waals surface area contributed by atoms with Crippen LogP contribution in [0, 0.1) is 0 Å². The van der Waals surface area contributed by atoms with Gasteiger partial charge >= 0.3 is 6.03 Å². The van der Waals surface area contributed by atoms with E-state index in [1.807, 2.05) is 41.3 Å². The van der Waals surface area contributed by atoms with Crippen LogP contribution in [0.1, 0.15) is 21.7 Å². The molecule has 1 N–H and O–H groups in total. The van der Waals surface area contributed by atoms with Crippen LogP contribution < -0.4 is 0 Å². The van der Waals surface area contributed by atoms with Gasteiger partial charge in [-0.2, -0.15) is 0 Å². The molecule has 0 spiro atoms. The van der Waals surface area contributed by atoms with Crippen molar-refractivity contribution >= 4 is 23.4 Å². The highest BCUT2D eigenvalue weighted by molar-refractivity contribution is 5.77. The maximum Gasteiger partial charge on any atom is 0.320 e. The quantitative estimate of drug-likeness (QED) is 0.693. The molecule has 2 amide bonds. The summed E-state index contributed by atoms with van der Waals surface area (Å²) in [6.45, 7) is 3.09. The molecule has 1 aliphatic rings. The highest BCUT2D eigenvalue weighted by atomic mass is 16.5. The number of fused-ring (bicyclic) bond motifs is 1. The van der Waals surface area contributed by atoms with Gasteiger partial charge in [0.2, 0.25) is 0 Å². The fraction of sp³-hybridized carbons (Fsp3) is 0.286. The van der Waals surface area contributed by atoms with Gasteiger partial charge in [0.1, 0.15) is 12.1 Å². The van der Waals surface area contributed by atoms with Crippen molar-refractivity contribution in [2.24, 2.45) is 0 Å². The van der Waals surface area contributed by atoms with Crippen LogP contribution in [-0.4, -0.2) is 58.4 Å². The molecular weight excluding hydrogens is 356 g/mol. The monoisotopic (exact) mass is 378 g/mol. The zero-order chi connectivity index (χ0) is 19.3. The zero-order valence-corrected chi connectivity index (χ0v) is 15.5. The van der Waals surface area contributed by atoms with Crippen LogP contribution in [0.2, 0.25) is 0 Å². The number of aromatic nitrogens is 2. The van der Waals surface area contributed by atoms with E-state index in [1.54, 1.807) is 17.0 Å². The molecular formula is C21H22N4O3. The van der Waals surface area contributed by atoms with Crippen molar-refractivity contribution in [3.63, 3.8) is 0 Å². The molecule has 144 valence electrons. The Morgan fingerprint density at radius 2 is 1.86 bits per heavy atom. The summed E-state index contributed by atoms with van der Waals surface area (Å²) in [5, 5.41) is 0. The molecule has 0 saturated carbocycles. The van der Waals surface area contributed by atoms with Gasteiger partial charge in [0, 0.05) is 25.2 Å². The number of nitrogens with one attached hydrogen (secondary N) is 1. The molecule has 7 nitrogen and oxygen atoms in total. The highest BCUT2D eigenvalue weighted by Crippen LogP contribution is 2.16. The lowest BCUT2D eigenvalue weighted by Crippen LogP contribution is -2.47. The van der Waals surface area contributed by atoms with Crippen LogP contribution in [0.3, 0.4) is 0 Å². The minimum atomic E-state index is -0.0387. The molecule has 0 unspecified atom stereocenters. The average Bonchev–Trinajstić information content (AvgIpc) is 3.16. The van der Waals surface area contributed by atoms with Crippen molar-refractivity contribution in [1.29, 1.82) is 0 Å². The second kappa shape index (κ2) is 8.22. The summed E-state index contributed by atoms with van der Waals surface area (Å²) in [6.07, 6.45) is 0.814. The van der Waals surface area contributed by atoms with E-state index in [9.17, 15) is 9.59 Å². The number of H-pyrrole nitrogens is 1. The third-order valence-electron chi connectivity index (χ3n) is 4.82. The molecule has 2 heterocycles. The second-order valence-electron chi connectivity index (χ2n) is 6.80. The molecule has 2 aromatic carbocycles. The van der Waals surface area contributed by atoms with Crippen LogP contribution in [0.5, 0.6) is 0 Å². The number of benzene rings is 2. The van der Waals surface area contributed by atoms with Gasteiger partial charge in [0.25, 0.3) is 0 Å². The highest BCUT2D eigenvalue weighted by Gasteiger charge is 2.24. The predicted molar refractivity (Wildman–Crippen MR) is 105 cm³/mol. The van der Waals surface area contributed by atoms with Gasteiger partial charge in [-0.3, -0.25) is 4.79 Å². The maximum absolute atomic E-state index is 13.1. The molecule has 0 atom stereocenters. The Hall–Kier alpha value is -3.19. The number of urea groups is 1. The topological polar surface area (TPSA) is 78.5 Å². The van der Waals surface area contributed by atoms with Gasteiger partial charge in [-0.1, -0.05) is 36.4 Å². The fourth-order valence-corrected chi connectivity index (χ4v) is 3.33. The summed E-state index contributed by atoms with van der Waals surface area (Å²) in [5.74, 6) is 0.743. The molecule has 7 heteroatoms. The van der Waals surface area contributed by atoms with Crippen LogP contribution >= 0.6 is 0 Å². The van der Waals surface area contributed by atoms with E-state index in [0.29, 0.717) is 45.0 Å². The van der Waals surface area contributed by atoms with E-state index >= 15 is 0 Å². The number of amides is 2. The number of hydrogen-bond acceptors (Lipinski definition) is 4. The molecule has 0 bridgehead atoms. The third kappa shape index (κ3) is 4.04. The predicted octanol–water partition coefficient (Wildman–Crippen LogP) is 2.83. The van der Waals surface area contributed by atoms with Gasteiger partial charge in [-0.15, -0.1) is 0 Å². The summed E-state index contributed by atoms with van der Waals surface area (Å²) < 4.78 is 5.37. The maximum atomic E-state index is 13.1. The number of carbonyl (C=O) groups excluding carboxylic acids is 2. The largest absolute Gasteiger partial charge is 0.378 e. The van der Waals surface area contributed by atoms with E-state index < -0.39 is 0 Å². The van der Waals surface area contributed by atoms with Gasteiger partial charge in [0.05, 0.1) is 30.8 Å². The molecule has 1 fully saturated rings. The zero-order valence-electron chi connectivity index (χ0n) is 15.5. The number of rotatable bonds is 5. The Morgan fingerprint density at radius 3 is 2.57 bits per heavy atom. The lowest BCUT2D eigenvalue weighted by atomic mass is 10.1. The van der Waals surface area contributed by atoms with Crippen LogP contribution in [-0.2, 0) is 17.8 Å². The van der Waals surface area contributed by atoms with Crippen LogP contribution in [0.4, 0.5) is 4.79 Å². The normalized spacial score (nSPS) is 14.2. The lowest BCUT2D eigenvalue weighted by molar-refractivity contribution is 0.0417. The molecule has 3 aromatic rings. The number of para-hydroxylation sites is 2. The average molecular weight is 378 g/mol. The summed E-state index contributed by atoms with van der Waals surface area (Å²) in [7, 11) is 0. The molecule has 1 aliphatic heterocycles. The summed E-state index contributed by atoms with van der Waals surface area (Å²) in [6, 6.07) is 15.1. The van der Waals surface area contributed by atoms with E-state index in [4.69, 9.17) is 4.74 Å².